The van der Waals surface area contributed by atoms with Gasteiger partial charge in [0.1, 0.15) is 24.4 Å². The molecule has 2 rings (SSSR count). The lowest BCUT2D eigenvalue weighted by Crippen LogP contribution is -2.59. The molecule has 1 saturated heterocycles. The molecule has 5 N–H and O–H groups in total. The van der Waals surface area contributed by atoms with Gasteiger partial charge < -0.3 is 35.7 Å². The summed E-state index contributed by atoms with van der Waals surface area (Å²) >= 11 is 0. The molecule has 0 bridgehead atoms. The summed E-state index contributed by atoms with van der Waals surface area (Å²) in [6.07, 6.45) is 6.50. The maximum Gasteiger partial charge on any atom is 0.330 e. The van der Waals surface area contributed by atoms with Gasteiger partial charge in [0.15, 0.2) is 0 Å². The Morgan fingerprint density at radius 2 is 1.60 bits per heavy atom. The second kappa shape index (κ2) is 18.0. The summed E-state index contributed by atoms with van der Waals surface area (Å²) in [5.74, 6) is -3.75. The summed E-state index contributed by atoms with van der Waals surface area (Å²) < 4.78 is 9.91. The van der Waals surface area contributed by atoms with Crippen molar-refractivity contribution in [1.82, 2.24) is 26.6 Å². The molecule has 0 saturated carbocycles. The Balaban J connectivity index is 2.19. The second-order valence-corrected chi connectivity index (χ2v) is 12.4. The van der Waals surface area contributed by atoms with Crippen molar-refractivity contribution in [2.24, 2.45) is 23.7 Å². The van der Waals surface area contributed by atoms with E-state index in [1.165, 1.54) is 30.7 Å². The van der Waals surface area contributed by atoms with Crippen LogP contribution in [0.2, 0.25) is 0 Å². The lowest BCUT2D eigenvalue weighted by molar-refractivity contribution is -0.137. The zero-order valence-electron chi connectivity index (χ0n) is 27.3. The van der Waals surface area contributed by atoms with E-state index in [1.807, 2.05) is 13.8 Å². The number of nitrogens with one attached hydrogen (secondary N) is 5. The highest BCUT2D eigenvalue weighted by molar-refractivity contribution is 5.98. The summed E-state index contributed by atoms with van der Waals surface area (Å²) in [6, 6.07) is -2.10. The number of furan rings is 1. The molecule has 0 radical (unpaired) electrons. The van der Waals surface area contributed by atoms with Crippen molar-refractivity contribution >= 4 is 35.5 Å². The van der Waals surface area contributed by atoms with E-state index in [0.29, 0.717) is 19.4 Å². The number of carbonyl (C=O) groups excluding carboxylic acids is 6. The third-order valence-corrected chi connectivity index (χ3v) is 7.39. The lowest BCUT2D eigenvalue weighted by Gasteiger charge is -2.29. The average molecular weight is 632 g/mol. The Hall–Kier alpha value is -4.16. The fourth-order valence-electron chi connectivity index (χ4n) is 4.93. The molecule has 2 heterocycles. The normalized spacial score (nSPS) is 17.5. The van der Waals surface area contributed by atoms with Gasteiger partial charge in [-0.3, -0.25) is 24.0 Å². The predicted molar refractivity (Wildman–Crippen MR) is 166 cm³/mol. The lowest BCUT2D eigenvalue weighted by atomic mass is 9.96. The van der Waals surface area contributed by atoms with Gasteiger partial charge in [-0.2, -0.15) is 0 Å². The number of amides is 5. The largest absolute Gasteiger partial charge is 0.472 e. The molecular formula is C32H49N5O8. The third kappa shape index (κ3) is 12.0. The van der Waals surface area contributed by atoms with Gasteiger partial charge in [-0.05, 0) is 50.0 Å². The molecule has 1 aromatic heterocycles. The highest BCUT2D eigenvalue weighted by Crippen LogP contribution is 2.18. The van der Waals surface area contributed by atoms with Crippen molar-refractivity contribution in [2.45, 2.75) is 91.9 Å². The molecule has 1 aliphatic heterocycles. The summed E-state index contributed by atoms with van der Waals surface area (Å²) in [4.78, 5) is 77.3. The van der Waals surface area contributed by atoms with E-state index >= 15 is 0 Å². The highest BCUT2D eigenvalue weighted by Gasteiger charge is 2.34. The molecule has 1 aromatic rings. The predicted octanol–water partition coefficient (Wildman–Crippen LogP) is 1.84. The highest BCUT2D eigenvalue weighted by atomic mass is 16.5. The smallest absolute Gasteiger partial charge is 0.330 e. The first kappa shape index (κ1) is 37.0. The maximum atomic E-state index is 13.6. The van der Waals surface area contributed by atoms with Crippen LogP contribution in [0, 0.1) is 23.7 Å². The van der Waals surface area contributed by atoms with Gasteiger partial charge in [-0.1, -0.05) is 47.6 Å². The minimum absolute atomic E-state index is 0.0192. The van der Waals surface area contributed by atoms with Crippen molar-refractivity contribution < 1.29 is 37.9 Å². The van der Waals surface area contributed by atoms with E-state index in [0.717, 1.165) is 0 Å². The standard InChI is InChI=1S/C32H49N5O8/c1-8-45-25(38)10-9-23(16-21-11-13-33-28(21)39)34-30(41)24(15-18(2)3)35-31(42)26(19(4)5)37-32(43)27(20(6)7)36-29(40)22-12-14-44-17-22/h9-10,12,14,17-21,23-24,26-27H,8,11,13,15-16H2,1-7H3,(H,33,39)(H,34,41)(H,35,42)(H,36,40)(H,37,43)/b10-9+/t21-,23+,24-,26-,27-/m0/s1. The first-order chi connectivity index (χ1) is 21.2. The number of hydrogen-bond donors (Lipinski definition) is 5. The fraction of sp³-hybridized carbons (Fsp3) is 0.625. The Morgan fingerprint density at radius 1 is 0.956 bits per heavy atom. The van der Waals surface area contributed by atoms with E-state index in [1.54, 1.807) is 34.6 Å². The van der Waals surface area contributed by atoms with Crippen molar-refractivity contribution in [1.29, 1.82) is 0 Å². The summed E-state index contributed by atoms with van der Waals surface area (Å²) in [5, 5.41) is 13.9. The topological polar surface area (TPSA) is 185 Å². The minimum Gasteiger partial charge on any atom is -0.472 e. The van der Waals surface area contributed by atoms with Gasteiger partial charge in [0.2, 0.25) is 23.6 Å². The van der Waals surface area contributed by atoms with Crippen molar-refractivity contribution in [3.8, 4) is 0 Å². The van der Waals surface area contributed by atoms with Crippen LogP contribution in [0.25, 0.3) is 0 Å². The monoisotopic (exact) mass is 631 g/mol. The Labute approximate surface area is 265 Å². The van der Waals surface area contributed by atoms with Gasteiger partial charge in [0, 0.05) is 24.6 Å². The molecule has 13 nitrogen and oxygen atoms in total. The SMILES string of the molecule is CCOC(=O)/C=C/[C@H](C[C@@H]1CCNC1=O)NC(=O)[C@H](CC(C)C)NC(=O)[C@@H](NC(=O)[C@@H](NC(=O)c1ccoc1)C(C)C)C(C)C. The molecule has 0 aromatic carbocycles. The molecule has 1 aliphatic rings. The number of carbonyl (C=O) groups is 6. The summed E-state index contributed by atoms with van der Waals surface area (Å²) in [6.45, 7) is 13.3. The van der Waals surface area contributed by atoms with Crippen LogP contribution in [0.5, 0.6) is 0 Å². The number of hydrogen-bond acceptors (Lipinski definition) is 8. The van der Waals surface area contributed by atoms with E-state index in [4.69, 9.17) is 9.15 Å². The molecule has 45 heavy (non-hydrogen) atoms. The Kier molecular flexibility index (Phi) is 14.8. The minimum atomic E-state index is -1.01. The van der Waals surface area contributed by atoms with Gasteiger partial charge in [0.25, 0.3) is 5.91 Å². The molecule has 5 amide bonds. The van der Waals surface area contributed by atoms with Gasteiger partial charge in [-0.15, -0.1) is 0 Å². The van der Waals surface area contributed by atoms with Crippen LogP contribution in [0.4, 0.5) is 0 Å². The van der Waals surface area contributed by atoms with E-state index in [2.05, 4.69) is 26.6 Å². The van der Waals surface area contributed by atoms with Crippen molar-refractivity contribution in [3.05, 3.63) is 36.3 Å². The van der Waals surface area contributed by atoms with Crippen LogP contribution in [0.1, 0.15) is 78.1 Å². The first-order valence-electron chi connectivity index (χ1n) is 15.6. The molecule has 13 heteroatoms. The summed E-state index contributed by atoms with van der Waals surface area (Å²) in [7, 11) is 0. The van der Waals surface area contributed by atoms with Gasteiger partial charge >= 0.3 is 5.97 Å². The number of ether oxygens (including phenoxy) is 1. The number of rotatable bonds is 17. The van der Waals surface area contributed by atoms with Crippen LogP contribution in [-0.2, 0) is 28.7 Å². The maximum absolute atomic E-state index is 13.6. The summed E-state index contributed by atoms with van der Waals surface area (Å²) in [5.41, 5.74) is 0.262. The molecule has 0 aliphatic carbocycles. The van der Waals surface area contributed by atoms with Crippen LogP contribution in [-0.4, -0.2) is 72.8 Å². The number of esters is 1. The zero-order chi connectivity index (χ0) is 33.7. The third-order valence-electron chi connectivity index (χ3n) is 7.39. The molecule has 0 spiro atoms. The van der Waals surface area contributed by atoms with E-state index in [-0.39, 0.29) is 48.2 Å². The molecule has 0 unspecified atom stereocenters. The molecule has 1 fully saturated rings. The quantitative estimate of drug-likeness (QED) is 0.127. The van der Waals surface area contributed by atoms with Crippen LogP contribution >= 0.6 is 0 Å². The van der Waals surface area contributed by atoms with E-state index < -0.39 is 53.8 Å². The molecule has 250 valence electrons. The van der Waals surface area contributed by atoms with Gasteiger partial charge in [0.05, 0.1) is 18.4 Å². The first-order valence-corrected chi connectivity index (χ1v) is 15.6. The molecular weight excluding hydrogens is 582 g/mol. The Bertz CT molecular complexity index is 1190. The van der Waals surface area contributed by atoms with E-state index in [9.17, 15) is 28.8 Å². The molecule has 5 atom stereocenters. The second-order valence-electron chi connectivity index (χ2n) is 12.4. The van der Waals surface area contributed by atoms with Crippen LogP contribution in [0.15, 0.2) is 35.2 Å². The van der Waals surface area contributed by atoms with Crippen LogP contribution in [0.3, 0.4) is 0 Å². The average Bonchev–Trinajstić information content (AvgIpc) is 3.64. The van der Waals surface area contributed by atoms with Crippen LogP contribution < -0.4 is 26.6 Å². The Morgan fingerprint density at radius 3 is 2.13 bits per heavy atom. The van der Waals surface area contributed by atoms with Crippen molar-refractivity contribution in [3.63, 3.8) is 0 Å². The fourth-order valence-corrected chi connectivity index (χ4v) is 4.93. The zero-order valence-corrected chi connectivity index (χ0v) is 27.3. The van der Waals surface area contributed by atoms with Crippen molar-refractivity contribution in [2.75, 3.05) is 13.2 Å². The van der Waals surface area contributed by atoms with Gasteiger partial charge in [-0.25, -0.2) is 4.79 Å².